The molecule has 2 heterocycles. The summed E-state index contributed by atoms with van der Waals surface area (Å²) in [7, 11) is 0. The third-order valence-corrected chi connectivity index (χ3v) is 3.27. The summed E-state index contributed by atoms with van der Waals surface area (Å²) in [5.74, 6) is 0.820. The van der Waals surface area contributed by atoms with Gasteiger partial charge in [-0.1, -0.05) is 6.92 Å². The summed E-state index contributed by atoms with van der Waals surface area (Å²) in [4.78, 5) is 8.66. The fourth-order valence-corrected chi connectivity index (χ4v) is 2.44. The Morgan fingerprint density at radius 1 is 1.41 bits per heavy atom. The van der Waals surface area contributed by atoms with Crippen LogP contribution in [0.3, 0.4) is 0 Å². The lowest BCUT2D eigenvalue weighted by Gasteiger charge is -2.17. The quantitative estimate of drug-likeness (QED) is 0.882. The minimum atomic E-state index is 0.183. The summed E-state index contributed by atoms with van der Waals surface area (Å²) >= 11 is 1.72. The Balaban J connectivity index is 2.27. The van der Waals surface area contributed by atoms with Gasteiger partial charge in [-0.15, -0.1) is 0 Å². The number of thiophene rings is 1. The summed E-state index contributed by atoms with van der Waals surface area (Å²) in [5.41, 5.74) is 2.32. The van der Waals surface area contributed by atoms with Crippen LogP contribution in [0.5, 0.6) is 0 Å². The monoisotopic (exact) mass is 247 g/mol. The van der Waals surface area contributed by atoms with Gasteiger partial charge in [0.25, 0.3) is 0 Å². The van der Waals surface area contributed by atoms with Crippen LogP contribution < -0.4 is 5.32 Å². The summed E-state index contributed by atoms with van der Waals surface area (Å²) in [5, 5.41) is 7.80. The van der Waals surface area contributed by atoms with Gasteiger partial charge in [0.15, 0.2) is 0 Å². The average Bonchev–Trinajstić information content (AvgIpc) is 2.83. The highest BCUT2D eigenvalue weighted by molar-refractivity contribution is 7.08. The van der Waals surface area contributed by atoms with E-state index in [9.17, 15) is 0 Å². The van der Waals surface area contributed by atoms with Crippen LogP contribution in [-0.4, -0.2) is 16.5 Å². The molecule has 1 atom stereocenters. The maximum Gasteiger partial charge on any atom is 0.125 e. The molecule has 0 aliphatic heterocycles. The Labute approximate surface area is 106 Å². The van der Waals surface area contributed by atoms with Crippen LogP contribution in [0, 0.1) is 6.92 Å². The number of aryl methyl sites for hydroxylation is 1. The second-order valence-corrected chi connectivity index (χ2v) is 4.75. The van der Waals surface area contributed by atoms with E-state index in [2.05, 4.69) is 39.0 Å². The van der Waals surface area contributed by atoms with Gasteiger partial charge in [0, 0.05) is 6.20 Å². The van der Waals surface area contributed by atoms with Crippen molar-refractivity contribution in [2.45, 2.75) is 26.3 Å². The molecule has 0 amide bonds. The third kappa shape index (κ3) is 3.11. The third-order valence-electron chi connectivity index (χ3n) is 2.57. The first-order chi connectivity index (χ1) is 8.31. The van der Waals surface area contributed by atoms with Crippen LogP contribution in [0.1, 0.15) is 36.5 Å². The molecule has 0 spiro atoms. The SMILES string of the molecule is CCCNC(c1ccsc1)c1ccnc(C)n1. The molecule has 0 saturated heterocycles. The van der Waals surface area contributed by atoms with Crippen LogP contribution in [0.4, 0.5) is 0 Å². The van der Waals surface area contributed by atoms with E-state index in [0.29, 0.717) is 0 Å². The lowest BCUT2D eigenvalue weighted by Crippen LogP contribution is -2.24. The van der Waals surface area contributed by atoms with Crippen molar-refractivity contribution >= 4 is 11.3 Å². The Kier molecular flexibility index (Phi) is 4.23. The predicted octanol–water partition coefficient (Wildman–Crippen LogP) is 2.94. The Hall–Kier alpha value is -1.26. The highest BCUT2D eigenvalue weighted by Crippen LogP contribution is 2.22. The van der Waals surface area contributed by atoms with E-state index < -0.39 is 0 Å². The molecule has 0 aromatic carbocycles. The molecule has 0 aliphatic carbocycles. The molecule has 0 saturated carbocycles. The molecule has 3 nitrogen and oxygen atoms in total. The van der Waals surface area contributed by atoms with Gasteiger partial charge < -0.3 is 5.32 Å². The average molecular weight is 247 g/mol. The molecule has 0 aliphatic rings. The molecule has 90 valence electrons. The van der Waals surface area contributed by atoms with Crippen LogP contribution in [0.2, 0.25) is 0 Å². The normalized spacial score (nSPS) is 12.6. The maximum atomic E-state index is 4.51. The largest absolute Gasteiger partial charge is 0.305 e. The fraction of sp³-hybridized carbons (Fsp3) is 0.385. The molecule has 2 aromatic heterocycles. The fourth-order valence-electron chi connectivity index (χ4n) is 1.76. The van der Waals surface area contributed by atoms with Gasteiger partial charge in [0.2, 0.25) is 0 Å². The number of nitrogens with zero attached hydrogens (tertiary/aromatic N) is 2. The first-order valence-corrected chi connectivity index (χ1v) is 6.80. The molecule has 0 bridgehead atoms. The van der Waals surface area contributed by atoms with Gasteiger partial charge in [-0.05, 0) is 48.3 Å². The van der Waals surface area contributed by atoms with Crippen LogP contribution in [-0.2, 0) is 0 Å². The molecule has 1 unspecified atom stereocenters. The summed E-state index contributed by atoms with van der Waals surface area (Å²) < 4.78 is 0. The van der Waals surface area contributed by atoms with E-state index in [0.717, 1.165) is 24.5 Å². The van der Waals surface area contributed by atoms with Crippen LogP contribution in [0.25, 0.3) is 0 Å². The van der Waals surface area contributed by atoms with Gasteiger partial charge in [-0.3, -0.25) is 0 Å². The van der Waals surface area contributed by atoms with Gasteiger partial charge in [0.1, 0.15) is 5.82 Å². The highest BCUT2D eigenvalue weighted by atomic mass is 32.1. The summed E-state index contributed by atoms with van der Waals surface area (Å²) in [6, 6.07) is 4.32. The van der Waals surface area contributed by atoms with Gasteiger partial charge in [-0.2, -0.15) is 11.3 Å². The van der Waals surface area contributed by atoms with Crippen molar-refractivity contribution in [1.29, 1.82) is 0 Å². The standard InChI is InChI=1S/C13H17N3S/c1-3-6-15-13(11-5-8-17-9-11)12-4-7-14-10(2)16-12/h4-5,7-9,13,15H,3,6H2,1-2H3. The van der Waals surface area contributed by atoms with Crippen molar-refractivity contribution in [2.24, 2.45) is 0 Å². The number of aromatic nitrogens is 2. The zero-order valence-corrected chi connectivity index (χ0v) is 11.0. The minimum Gasteiger partial charge on any atom is -0.305 e. The molecule has 0 fully saturated rings. The highest BCUT2D eigenvalue weighted by Gasteiger charge is 2.15. The lowest BCUT2D eigenvalue weighted by atomic mass is 10.1. The van der Waals surface area contributed by atoms with Crippen molar-refractivity contribution in [3.63, 3.8) is 0 Å². The Morgan fingerprint density at radius 3 is 2.94 bits per heavy atom. The summed E-state index contributed by atoms with van der Waals surface area (Å²) in [6.45, 7) is 5.08. The van der Waals surface area contributed by atoms with E-state index in [1.54, 1.807) is 11.3 Å². The maximum absolute atomic E-state index is 4.51. The van der Waals surface area contributed by atoms with Crippen molar-refractivity contribution in [1.82, 2.24) is 15.3 Å². The number of rotatable bonds is 5. The van der Waals surface area contributed by atoms with E-state index in [1.807, 2.05) is 19.2 Å². The molecule has 17 heavy (non-hydrogen) atoms. The van der Waals surface area contributed by atoms with Crippen molar-refractivity contribution in [3.05, 3.63) is 46.2 Å². The first kappa shape index (κ1) is 12.2. The molecule has 2 rings (SSSR count). The van der Waals surface area contributed by atoms with Crippen molar-refractivity contribution in [2.75, 3.05) is 6.54 Å². The van der Waals surface area contributed by atoms with Crippen LogP contribution >= 0.6 is 11.3 Å². The predicted molar refractivity (Wildman–Crippen MR) is 71.2 cm³/mol. The zero-order valence-electron chi connectivity index (χ0n) is 10.2. The first-order valence-electron chi connectivity index (χ1n) is 5.86. The van der Waals surface area contributed by atoms with Crippen molar-refractivity contribution < 1.29 is 0 Å². The number of hydrogen-bond donors (Lipinski definition) is 1. The molecular formula is C13H17N3S. The second kappa shape index (κ2) is 5.89. The zero-order chi connectivity index (χ0) is 12.1. The van der Waals surface area contributed by atoms with Gasteiger partial charge in [0.05, 0.1) is 11.7 Å². The van der Waals surface area contributed by atoms with Crippen LogP contribution in [0.15, 0.2) is 29.1 Å². The van der Waals surface area contributed by atoms with E-state index in [1.165, 1.54) is 5.56 Å². The number of nitrogens with one attached hydrogen (secondary N) is 1. The molecule has 4 heteroatoms. The topological polar surface area (TPSA) is 37.8 Å². The van der Waals surface area contributed by atoms with E-state index in [4.69, 9.17) is 0 Å². The smallest absolute Gasteiger partial charge is 0.125 e. The molecular weight excluding hydrogens is 230 g/mol. The molecule has 2 aromatic rings. The van der Waals surface area contributed by atoms with E-state index >= 15 is 0 Å². The van der Waals surface area contributed by atoms with Gasteiger partial charge in [-0.25, -0.2) is 9.97 Å². The van der Waals surface area contributed by atoms with E-state index in [-0.39, 0.29) is 6.04 Å². The number of hydrogen-bond acceptors (Lipinski definition) is 4. The molecule has 0 radical (unpaired) electrons. The minimum absolute atomic E-state index is 0.183. The molecule has 1 N–H and O–H groups in total. The lowest BCUT2D eigenvalue weighted by molar-refractivity contribution is 0.585. The summed E-state index contributed by atoms with van der Waals surface area (Å²) in [6.07, 6.45) is 2.94. The second-order valence-electron chi connectivity index (χ2n) is 3.97. The van der Waals surface area contributed by atoms with Gasteiger partial charge >= 0.3 is 0 Å². The van der Waals surface area contributed by atoms with Crippen molar-refractivity contribution in [3.8, 4) is 0 Å². The Bertz CT molecular complexity index is 453. The Morgan fingerprint density at radius 2 is 2.29 bits per heavy atom.